The number of carboxylic acids is 1. The van der Waals surface area contributed by atoms with Gasteiger partial charge in [-0.3, -0.25) is 9.59 Å². The molecule has 1 saturated heterocycles. The molecule has 1 aliphatic rings. The van der Waals surface area contributed by atoms with Crippen LogP contribution in [0.1, 0.15) is 52.9 Å². The van der Waals surface area contributed by atoms with Gasteiger partial charge in [0.25, 0.3) is 5.91 Å². The van der Waals surface area contributed by atoms with Gasteiger partial charge in [-0.15, -0.1) is 0 Å². The summed E-state index contributed by atoms with van der Waals surface area (Å²) in [5, 5.41) is 11.9. The molecular weight excluding hydrogens is 316 g/mol. The first-order chi connectivity index (χ1) is 11.4. The first-order valence-electron chi connectivity index (χ1n) is 7.95. The number of furan rings is 1. The van der Waals surface area contributed by atoms with Crippen LogP contribution in [-0.4, -0.2) is 42.1 Å². The van der Waals surface area contributed by atoms with Crippen molar-refractivity contribution in [2.75, 3.05) is 13.2 Å². The molecule has 24 heavy (non-hydrogen) atoms. The maximum atomic E-state index is 12.4. The van der Waals surface area contributed by atoms with E-state index in [-0.39, 0.29) is 29.4 Å². The second-order valence-electron chi connectivity index (χ2n) is 5.81. The number of nitrogens with one attached hydrogen (secondary N) is 1. The van der Waals surface area contributed by atoms with Gasteiger partial charge in [-0.05, 0) is 18.8 Å². The van der Waals surface area contributed by atoms with Crippen LogP contribution in [0, 0.1) is 5.92 Å². The Morgan fingerprint density at radius 1 is 1.38 bits per heavy atom. The van der Waals surface area contributed by atoms with E-state index < -0.39 is 23.8 Å². The van der Waals surface area contributed by atoms with E-state index in [0.29, 0.717) is 19.6 Å². The Morgan fingerprint density at radius 2 is 2.04 bits per heavy atom. The molecule has 4 N–H and O–H groups in total. The Balaban J connectivity index is 2.14. The fraction of sp³-hybridized carbons (Fsp3) is 0.562. The number of aromatic carboxylic acids is 1. The largest absolute Gasteiger partial charge is 0.478 e. The number of aryl methyl sites for hydroxylation is 1. The Kier molecular flexibility index (Phi) is 5.97. The SMILES string of the molecule is CCc1oc(C(=O)NC(CC(N)=O)C2CCOCC2)cc1C(=O)O. The fourth-order valence-corrected chi connectivity index (χ4v) is 2.89. The molecule has 0 radical (unpaired) electrons. The molecule has 132 valence electrons. The van der Waals surface area contributed by atoms with E-state index >= 15 is 0 Å². The van der Waals surface area contributed by atoms with Gasteiger partial charge in [0.2, 0.25) is 5.91 Å². The summed E-state index contributed by atoms with van der Waals surface area (Å²) in [6.45, 7) is 2.88. The summed E-state index contributed by atoms with van der Waals surface area (Å²) in [5.74, 6) is -1.96. The minimum Gasteiger partial charge on any atom is -0.478 e. The van der Waals surface area contributed by atoms with Crippen molar-refractivity contribution >= 4 is 17.8 Å². The number of ether oxygens (including phenoxy) is 1. The standard InChI is InChI=1S/C16H22N2O6/c1-2-12-10(16(21)22)7-13(24-12)15(20)18-11(8-14(17)19)9-3-5-23-6-4-9/h7,9,11H,2-6,8H2,1H3,(H2,17,19)(H,18,20)(H,21,22). The molecule has 2 rings (SSSR count). The lowest BCUT2D eigenvalue weighted by Gasteiger charge is -2.30. The lowest BCUT2D eigenvalue weighted by molar-refractivity contribution is -0.118. The van der Waals surface area contributed by atoms with Crippen molar-refractivity contribution in [2.45, 2.75) is 38.6 Å². The average Bonchev–Trinajstić information content (AvgIpc) is 2.99. The highest BCUT2D eigenvalue weighted by Gasteiger charge is 2.29. The van der Waals surface area contributed by atoms with Crippen molar-refractivity contribution in [3.8, 4) is 0 Å². The number of carboxylic acid groups (broad SMARTS) is 1. The fourth-order valence-electron chi connectivity index (χ4n) is 2.89. The first-order valence-corrected chi connectivity index (χ1v) is 7.95. The second kappa shape index (κ2) is 7.96. The molecule has 1 aliphatic heterocycles. The molecule has 2 heterocycles. The molecule has 0 saturated carbocycles. The van der Waals surface area contributed by atoms with Crippen LogP contribution < -0.4 is 11.1 Å². The van der Waals surface area contributed by atoms with Crippen molar-refractivity contribution in [3.63, 3.8) is 0 Å². The average molecular weight is 338 g/mol. The minimum atomic E-state index is -1.15. The van der Waals surface area contributed by atoms with Crippen molar-refractivity contribution in [3.05, 3.63) is 23.2 Å². The van der Waals surface area contributed by atoms with Gasteiger partial charge in [0, 0.05) is 38.2 Å². The molecule has 8 heteroatoms. The predicted molar refractivity (Wildman–Crippen MR) is 83.7 cm³/mol. The summed E-state index contributed by atoms with van der Waals surface area (Å²) < 4.78 is 10.6. The Labute approximate surface area is 139 Å². The number of nitrogens with two attached hydrogens (primary N) is 1. The van der Waals surface area contributed by atoms with E-state index in [1.807, 2.05) is 0 Å². The van der Waals surface area contributed by atoms with Gasteiger partial charge in [0.1, 0.15) is 11.3 Å². The van der Waals surface area contributed by atoms with Crippen molar-refractivity contribution in [2.24, 2.45) is 11.7 Å². The van der Waals surface area contributed by atoms with Crippen molar-refractivity contribution < 1.29 is 28.6 Å². The van der Waals surface area contributed by atoms with Crippen molar-refractivity contribution in [1.82, 2.24) is 5.32 Å². The maximum Gasteiger partial charge on any atom is 0.339 e. The van der Waals surface area contributed by atoms with Crippen LogP contribution in [0.15, 0.2) is 10.5 Å². The Bertz CT molecular complexity index is 618. The van der Waals surface area contributed by atoms with E-state index in [4.69, 9.17) is 20.0 Å². The summed E-state index contributed by atoms with van der Waals surface area (Å²) in [6, 6.07) is 0.782. The third kappa shape index (κ3) is 4.35. The molecule has 0 spiro atoms. The highest BCUT2D eigenvalue weighted by atomic mass is 16.5. The molecule has 1 unspecified atom stereocenters. The quantitative estimate of drug-likeness (QED) is 0.678. The normalized spacial score (nSPS) is 16.5. The smallest absolute Gasteiger partial charge is 0.339 e. The highest BCUT2D eigenvalue weighted by Crippen LogP contribution is 2.22. The molecular formula is C16H22N2O6. The van der Waals surface area contributed by atoms with Crippen molar-refractivity contribution in [1.29, 1.82) is 0 Å². The summed E-state index contributed by atoms with van der Waals surface area (Å²) in [4.78, 5) is 34.9. The van der Waals surface area contributed by atoms with E-state index in [2.05, 4.69) is 5.32 Å². The van der Waals surface area contributed by atoms with Crippen LogP contribution in [-0.2, 0) is 16.0 Å². The third-order valence-corrected chi connectivity index (χ3v) is 4.16. The minimum absolute atomic E-state index is 0.0174. The summed E-state index contributed by atoms with van der Waals surface area (Å²) >= 11 is 0. The van der Waals surface area contributed by atoms with Gasteiger partial charge in [-0.1, -0.05) is 6.92 Å². The predicted octanol–water partition coefficient (Wildman–Crippen LogP) is 0.941. The summed E-state index contributed by atoms with van der Waals surface area (Å²) in [6.07, 6.45) is 1.82. The zero-order valence-corrected chi connectivity index (χ0v) is 13.5. The highest BCUT2D eigenvalue weighted by molar-refractivity contribution is 5.96. The number of hydrogen-bond acceptors (Lipinski definition) is 5. The van der Waals surface area contributed by atoms with E-state index in [1.165, 1.54) is 6.07 Å². The Morgan fingerprint density at radius 3 is 2.54 bits per heavy atom. The van der Waals surface area contributed by atoms with Gasteiger partial charge in [0.05, 0.1) is 0 Å². The topological polar surface area (TPSA) is 132 Å². The van der Waals surface area contributed by atoms with Crippen LogP contribution in [0.4, 0.5) is 0 Å². The van der Waals surface area contributed by atoms with Gasteiger partial charge >= 0.3 is 5.97 Å². The summed E-state index contributed by atoms with van der Waals surface area (Å²) in [7, 11) is 0. The van der Waals surface area contributed by atoms with E-state index in [9.17, 15) is 14.4 Å². The first kappa shape index (κ1) is 18.0. The third-order valence-electron chi connectivity index (χ3n) is 4.16. The van der Waals surface area contributed by atoms with Gasteiger partial charge in [-0.25, -0.2) is 4.79 Å². The zero-order valence-electron chi connectivity index (χ0n) is 13.5. The molecule has 1 fully saturated rings. The van der Waals surface area contributed by atoms with Gasteiger partial charge in [0.15, 0.2) is 5.76 Å². The number of carbonyl (C=O) groups excluding carboxylic acids is 2. The van der Waals surface area contributed by atoms with Crippen LogP contribution in [0.3, 0.4) is 0 Å². The monoisotopic (exact) mass is 338 g/mol. The number of primary amides is 1. The number of hydrogen-bond donors (Lipinski definition) is 3. The van der Waals surface area contributed by atoms with Crippen LogP contribution in [0.2, 0.25) is 0 Å². The maximum absolute atomic E-state index is 12.4. The van der Waals surface area contributed by atoms with E-state index in [1.54, 1.807) is 6.92 Å². The molecule has 8 nitrogen and oxygen atoms in total. The lowest BCUT2D eigenvalue weighted by atomic mass is 9.89. The van der Waals surface area contributed by atoms with Gasteiger partial charge < -0.3 is 25.3 Å². The molecule has 1 aromatic rings. The van der Waals surface area contributed by atoms with Crippen LogP contribution in [0.5, 0.6) is 0 Å². The number of carbonyl (C=O) groups is 3. The zero-order chi connectivity index (χ0) is 17.7. The number of amides is 2. The number of rotatable bonds is 7. The summed E-state index contributed by atoms with van der Waals surface area (Å²) in [5.41, 5.74) is 5.25. The van der Waals surface area contributed by atoms with Gasteiger partial charge in [-0.2, -0.15) is 0 Å². The molecule has 0 aromatic carbocycles. The van der Waals surface area contributed by atoms with Crippen LogP contribution >= 0.6 is 0 Å². The molecule has 0 bridgehead atoms. The van der Waals surface area contributed by atoms with E-state index in [0.717, 1.165) is 12.8 Å². The molecule has 1 atom stereocenters. The second-order valence-corrected chi connectivity index (χ2v) is 5.81. The lowest BCUT2D eigenvalue weighted by Crippen LogP contribution is -2.44. The molecule has 1 aromatic heterocycles. The van der Waals surface area contributed by atoms with Crippen LogP contribution in [0.25, 0.3) is 0 Å². The molecule has 2 amide bonds. The Hall–Kier alpha value is -2.35. The molecule has 0 aliphatic carbocycles.